The van der Waals surface area contributed by atoms with Crippen LogP contribution in [-0.2, 0) is 6.42 Å². The fraction of sp³-hybridized carbons (Fsp3) is 0.455. The smallest absolute Gasteiger partial charge is 0.240 e. The number of hydrogen-bond acceptors (Lipinski definition) is 7. The van der Waals surface area contributed by atoms with E-state index < -0.39 is 0 Å². The van der Waals surface area contributed by atoms with Crippen molar-refractivity contribution in [2.75, 3.05) is 17.3 Å². The number of nitrogens with one attached hydrogen (secondary N) is 2. The number of anilines is 2. The molecule has 2 aromatic heterocycles. The first-order valence-electron chi connectivity index (χ1n) is 5.82. The Bertz CT molecular complexity index is 541. The van der Waals surface area contributed by atoms with Gasteiger partial charge in [-0.1, -0.05) is 6.92 Å². The van der Waals surface area contributed by atoms with Crippen molar-refractivity contribution in [1.82, 2.24) is 9.97 Å². The molecule has 18 heavy (non-hydrogen) atoms. The number of nitrogen functional groups attached to an aromatic ring is 1. The number of aliphatic hydroxyl groups excluding tert-OH is 1. The molecule has 2 heterocycles. The summed E-state index contributed by atoms with van der Waals surface area (Å²) in [7, 11) is 0. The zero-order valence-corrected chi connectivity index (χ0v) is 11.2. The summed E-state index contributed by atoms with van der Waals surface area (Å²) in [5.41, 5.74) is 2.46. The predicted octanol–water partition coefficient (Wildman–Crippen LogP) is 1.33. The number of nitrogens with zero attached hydrogens (tertiary/aromatic N) is 2. The van der Waals surface area contributed by atoms with Crippen LogP contribution in [0.1, 0.15) is 18.7 Å². The minimum absolute atomic E-state index is 0.0433. The van der Waals surface area contributed by atoms with Gasteiger partial charge in [0.2, 0.25) is 5.95 Å². The zero-order chi connectivity index (χ0) is 13.1. The van der Waals surface area contributed by atoms with Crippen molar-refractivity contribution in [3.05, 3.63) is 10.9 Å². The van der Waals surface area contributed by atoms with E-state index in [-0.39, 0.29) is 12.6 Å². The number of aliphatic hydroxyl groups is 1. The minimum atomic E-state index is -0.0706. The highest BCUT2D eigenvalue weighted by Crippen LogP contribution is 2.30. The number of nitrogens with two attached hydrogens (primary N) is 1. The van der Waals surface area contributed by atoms with Crippen molar-refractivity contribution in [2.24, 2.45) is 5.84 Å². The Labute approximate surface area is 109 Å². The minimum Gasteiger partial charge on any atom is -0.394 e. The first kappa shape index (κ1) is 13.0. The Kier molecular flexibility index (Phi) is 3.95. The van der Waals surface area contributed by atoms with Crippen molar-refractivity contribution in [2.45, 2.75) is 26.3 Å². The molecule has 98 valence electrons. The summed E-state index contributed by atoms with van der Waals surface area (Å²) >= 11 is 1.63. The van der Waals surface area contributed by atoms with E-state index in [0.717, 1.165) is 16.6 Å². The predicted molar refractivity (Wildman–Crippen MR) is 74.8 cm³/mol. The molecule has 0 bridgehead atoms. The van der Waals surface area contributed by atoms with Crippen molar-refractivity contribution in [3.63, 3.8) is 0 Å². The fourth-order valence-corrected chi connectivity index (χ4v) is 2.57. The Morgan fingerprint density at radius 2 is 2.28 bits per heavy atom. The van der Waals surface area contributed by atoms with Gasteiger partial charge in [0.15, 0.2) is 0 Å². The molecule has 2 rings (SSSR count). The van der Waals surface area contributed by atoms with Crippen molar-refractivity contribution < 1.29 is 5.11 Å². The molecule has 0 spiro atoms. The molecule has 0 fully saturated rings. The molecule has 0 aliphatic heterocycles. The van der Waals surface area contributed by atoms with E-state index in [9.17, 15) is 0 Å². The summed E-state index contributed by atoms with van der Waals surface area (Å²) in [5.74, 6) is 6.44. The molecular weight excluding hydrogens is 250 g/mol. The van der Waals surface area contributed by atoms with Gasteiger partial charge in [0.25, 0.3) is 0 Å². The molecule has 2 aromatic rings. The number of hydrazine groups is 1. The van der Waals surface area contributed by atoms with E-state index in [1.165, 1.54) is 4.88 Å². The van der Waals surface area contributed by atoms with E-state index in [1.54, 1.807) is 11.3 Å². The van der Waals surface area contributed by atoms with E-state index in [4.69, 9.17) is 10.9 Å². The number of fused-ring (bicyclic) bond motifs is 1. The van der Waals surface area contributed by atoms with Gasteiger partial charge in [-0.15, -0.1) is 11.3 Å². The molecule has 5 N–H and O–H groups in total. The quantitative estimate of drug-likeness (QED) is 0.482. The summed E-state index contributed by atoms with van der Waals surface area (Å²) < 4.78 is 0. The van der Waals surface area contributed by atoms with Crippen molar-refractivity contribution in [1.29, 1.82) is 0 Å². The van der Waals surface area contributed by atoms with Crippen LogP contribution in [0.25, 0.3) is 10.2 Å². The average molecular weight is 267 g/mol. The third-order valence-electron chi connectivity index (χ3n) is 2.58. The van der Waals surface area contributed by atoms with Gasteiger partial charge in [-0.25, -0.2) is 10.8 Å². The molecule has 0 aliphatic carbocycles. The second-order valence-corrected chi connectivity index (χ2v) is 5.17. The average Bonchev–Trinajstić information content (AvgIpc) is 2.81. The van der Waals surface area contributed by atoms with Crippen molar-refractivity contribution >= 4 is 33.3 Å². The maximum absolute atomic E-state index is 9.10. The van der Waals surface area contributed by atoms with Gasteiger partial charge in [-0.05, 0) is 19.4 Å². The molecule has 0 aromatic carbocycles. The molecule has 0 saturated heterocycles. The SMILES string of the molecule is CCc1cc2c(NC(C)CO)nc(NN)nc2s1. The van der Waals surface area contributed by atoms with E-state index >= 15 is 0 Å². The Hall–Kier alpha value is -1.44. The van der Waals surface area contributed by atoms with E-state index in [0.29, 0.717) is 11.8 Å². The molecule has 1 atom stereocenters. The van der Waals surface area contributed by atoms with Gasteiger partial charge < -0.3 is 10.4 Å². The summed E-state index contributed by atoms with van der Waals surface area (Å²) in [6.45, 7) is 4.03. The first-order chi connectivity index (χ1) is 8.67. The highest BCUT2D eigenvalue weighted by Gasteiger charge is 2.12. The lowest BCUT2D eigenvalue weighted by Gasteiger charge is -2.12. The largest absolute Gasteiger partial charge is 0.394 e. The lowest BCUT2D eigenvalue weighted by atomic mass is 10.3. The van der Waals surface area contributed by atoms with Gasteiger partial charge in [-0.2, -0.15) is 4.98 Å². The molecule has 1 unspecified atom stereocenters. The van der Waals surface area contributed by atoms with Crippen LogP contribution in [0.4, 0.5) is 11.8 Å². The molecule has 0 saturated carbocycles. The number of rotatable bonds is 5. The summed E-state index contributed by atoms with van der Waals surface area (Å²) in [4.78, 5) is 10.8. The van der Waals surface area contributed by atoms with Gasteiger partial charge in [0.1, 0.15) is 10.6 Å². The Balaban J connectivity index is 2.49. The number of aryl methyl sites for hydroxylation is 1. The highest BCUT2D eigenvalue weighted by atomic mass is 32.1. The number of hydrogen-bond donors (Lipinski definition) is 4. The molecule has 0 amide bonds. The molecule has 6 nitrogen and oxygen atoms in total. The summed E-state index contributed by atoms with van der Waals surface area (Å²) in [5, 5.41) is 13.2. The van der Waals surface area contributed by atoms with Crippen LogP contribution in [-0.4, -0.2) is 27.7 Å². The van der Waals surface area contributed by atoms with Gasteiger partial charge in [-0.3, -0.25) is 5.43 Å². The number of thiophene rings is 1. The standard InChI is InChI=1S/C11H17N5OS/c1-3-7-4-8-9(13-6(2)5-17)14-11(16-12)15-10(8)18-7/h4,6,17H,3,5,12H2,1-2H3,(H2,13,14,15,16). The molecule has 0 aliphatic rings. The highest BCUT2D eigenvalue weighted by molar-refractivity contribution is 7.18. The van der Waals surface area contributed by atoms with Crippen molar-refractivity contribution in [3.8, 4) is 0 Å². The lowest BCUT2D eigenvalue weighted by Crippen LogP contribution is -2.21. The maximum Gasteiger partial charge on any atom is 0.240 e. The fourth-order valence-electron chi connectivity index (χ4n) is 1.60. The molecule has 7 heteroatoms. The Morgan fingerprint density at radius 3 is 2.89 bits per heavy atom. The van der Waals surface area contributed by atoms with E-state index in [1.807, 2.05) is 6.92 Å². The molecular formula is C11H17N5OS. The van der Waals surface area contributed by atoms with Crippen LogP contribution in [0.5, 0.6) is 0 Å². The third kappa shape index (κ3) is 2.53. The second kappa shape index (κ2) is 5.47. The van der Waals surface area contributed by atoms with Crippen LogP contribution in [0, 0.1) is 0 Å². The van der Waals surface area contributed by atoms with Gasteiger partial charge in [0.05, 0.1) is 12.0 Å². The topological polar surface area (TPSA) is 96.1 Å². The second-order valence-electron chi connectivity index (χ2n) is 4.05. The monoisotopic (exact) mass is 267 g/mol. The summed E-state index contributed by atoms with van der Waals surface area (Å²) in [6, 6.07) is 2.01. The van der Waals surface area contributed by atoms with Crippen LogP contribution in [0.15, 0.2) is 6.07 Å². The zero-order valence-electron chi connectivity index (χ0n) is 10.4. The van der Waals surface area contributed by atoms with Crippen LogP contribution in [0.2, 0.25) is 0 Å². The molecule has 0 radical (unpaired) electrons. The van der Waals surface area contributed by atoms with Gasteiger partial charge in [0, 0.05) is 10.9 Å². The Morgan fingerprint density at radius 1 is 1.50 bits per heavy atom. The lowest BCUT2D eigenvalue weighted by molar-refractivity contribution is 0.281. The third-order valence-corrected chi connectivity index (χ3v) is 3.75. The number of aromatic nitrogens is 2. The van der Waals surface area contributed by atoms with E-state index in [2.05, 4.69) is 33.7 Å². The first-order valence-corrected chi connectivity index (χ1v) is 6.64. The van der Waals surface area contributed by atoms with Crippen LogP contribution < -0.4 is 16.6 Å². The maximum atomic E-state index is 9.10. The summed E-state index contributed by atoms with van der Waals surface area (Å²) in [6.07, 6.45) is 0.960. The van der Waals surface area contributed by atoms with Crippen LogP contribution in [0.3, 0.4) is 0 Å². The van der Waals surface area contributed by atoms with Crippen LogP contribution >= 0.6 is 11.3 Å². The van der Waals surface area contributed by atoms with Gasteiger partial charge >= 0.3 is 0 Å². The normalized spacial score (nSPS) is 12.7.